The number of aliphatic hydroxyl groups excluding tert-OH is 2. The van der Waals surface area contributed by atoms with Crippen LogP contribution in [0.5, 0.6) is 0 Å². The van der Waals surface area contributed by atoms with Crippen LogP contribution in [0.1, 0.15) is 64.7 Å². The van der Waals surface area contributed by atoms with E-state index in [0.29, 0.717) is 0 Å². The van der Waals surface area contributed by atoms with Crippen LogP contribution in [0.15, 0.2) is 0 Å². The molecule has 0 bridgehead atoms. The maximum atomic E-state index is 10.4. The summed E-state index contributed by atoms with van der Waals surface area (Å²) >= 11 is 0. The van der Waals surface area contributed by atoms with Crippen LogP contribution in [0.25, 0.3) is 0 Å². The fourth-order valence-electron chi connectivity index (χ4n) is 6.80. The molecule has 8 atom stereocenters. The largest absolute Gasteiger partial charge is 0.393 e. The summed E-state index contributed by atoms with van der Waals surface area (Å²) in [5.74, 6) is 4.26. The quantitative estimate of drug-likeness (QED) is 0.713. The predicted octanol–water partition coefficient (Wildman–Crippen LogP) is 3.36. The SMILES string of the molecule is C[C@]12CC[C@@H]3[C@@H](CC[C@@H]4C[C@@H](O)CC[C@@H]43)[C@H]1CC[C@@H]2O. The van der Waals surface area contributed by atoms with E-state index in [0.717, 1.165) is 48.9 Å². The number of rotatable bonds is 0. The summed E-state index contributed by atoms with van der Waals surface area (Å²) in [6.45, 7) is 2.36. The molecule has 4 aliphatic carbocycles. The van der Waals surface area contributed by atoms with Gasteiger partial charge in [0.25, 0.3) is 0 Å². The van der Waals surface area contributed by atoms with Gasteiger partial charge in [-0.2, -0.15) is 0 Å². The number of hydrogen-bond donors (Lipinski definition) is 2. The lowest BCUT2D eigenvalue weighted by molar-refractivity contribution is -0.0913. The zero-order chi connectivity index (χ0) is 13.9. The zero-order valence-corrected chi connectivity index (χ0v) is 12.8. The first-order chi connectivity index (χ1) is 9.59. The summed E-state index contributed by atoms with van der Waals surface area (Å²) in [7, 11) is 0. The van der Waals surface area contributed by atoms with E-state index < -0.39 is 0 Å². The molecule has 4 fully saturated rings. The normalized spacial score (nSPS) is 58.6. The highest BCUT2D eigenvalue weighted by Gasteiger charge is 2.56. The zero-order valence-electron chi connectivity index (χ0n) is 12.8. The molecule has 4 saturated carbocycles. The van der Waals surface area contributed by atoms with Crippen molar-refractivity contribution in [1.29, 1.82) is 0 Å². The molecule has 114 valence electrons. The average Bonchev–Trinajstić information content (AvgIpc) is 2.74. The molecule has 0 heterocycles. The molecule has 4 aliphatic rings. The molecule has 0 aromatic rings. The van der Waals surface area contributed by atoms with Crippen molar-refractivity contribution in [3.8, 4) is 0 Å². The van der Waals surface area contributed by atoms with Crippen molar-refractivity contribution in [3.63, 3.8) is 0 Å². The number of aliphatic hydroxyl groups is 2. The molecule has 4 rings (SSSR count). The Kier molecular flexibility index (Phi) is 3.20. The maximum Gasteiger partial charge on any atom is 0.0596 e. The van der Waals surface area contributed by atoms with Gasteiger partial charge in [0.2, 0.25) is 0 Å². The lowest BCUT2D eigenvalue weighted by Crippen LogP contribution is -2.49. The van der Waals surface area contributed by atoms with Crippen molar-refractivity contribution < 1.29 is 10.2 Å². The number of hydrogen-bond acceptors (Lipinski definition) is 2. The van der Waals surface area contributed by atoms with Crippen LogP contribution >= 0.6 is 0 Å². The van der Waals surface area contributed by atoms with E-state index in [1.54, 1.807) is 0 Å². The van der Waals surface area contributed by atoms with Gasteiger partial charge in [0.1, 0.15) is 0 Å². The third-order valence-electron chi connectivity index (χ3n) is 7.88. The molecule has 0 aromatic heterocycles. The van der Waals surface area contributed by atoms with Gasteiger partial charge in [-0.1, -0.05) is 6.92 Å². The van der Waals surface area contributed by atoms with Crippen LogP contribution in [0, 0.1) is 35.0 Å². The van der Waals surface area contributed by atoms with Gasteiger partial charge in [-0.05, 0) is 92.8 Å². The summed E-state index contributed by atoms with van der Waals surface area (Å²) < 4.78 is 0. The lowest BCUT2D eigenvalue weighted by Gasteiger charge is -2.55. The van der Waals surface area contributed by atoms with Crippen molar-refractivity contribution in [2.24, 2.45) is 35.0 Å². The van der Waals surface area contributed by atoms with Crippen LogP contribution in [0.2, 0.25) is 0 Å². The Morgan fingerprint density at radius 1 is 0.800 bits per heavy atom. The van der Waals surface area contributed by atoms with E-state index in [-0.39, 0.29) is 17.6 Å². The second kappa shape index (κ2) is 4.71. The lowest BCUT2D eigenvalue weighted by atomic mass is 9.50. The van der Waals surface area contributed by atoms with E-state index >= 15 is 0 Å². The molecule has 0 amide bonds. The molecule has 0 radical (unpaired) electrons. The highest BCUT2D eigenvalue weighted by atomic mass is 16.3. The van der Waals surface area contributed by atoms with E-state index in [1.165, 1.54) is 38.5 Å². The van der Waals surface area contributed by atoms with Gasteiger partial charge in [0.15, 0.2) is 0 Å². The van der Waals surface area contributed by atoms with Crippen molar-refractivity contribution in [1.82, 2.24) is 0 Å². The third-order valence-corrected chi connectivity index (χ3v) is 7.88. The van der Waals surface area contributed by atoms with Crippen molar-refractivity contribution >= 4 is 0 Å². The molecular formula is C18H30O2. The molecule has 0 aromatic carbocycles. The van der Waals surface area contributed by atoms with Crippen LogP contribution in [0.3, 0.4) is 0 Å². The van der Waals surface area contributed by atoms with Crippen molar-refractivity contribution in [2.45, 2.75) is 76.9 Å². The van der Waals surface area contributed by atoms with E-state index in [1.807, 2.05) is 0 Å². The van der Waals surface area contributed by atoms with Gasteiger partial charge in [0.05, 0.1) is 12.2 Å². The van der Waals surface area contributed by atoms with Gasteiger partial charge in [-0.3, -0.25) is 0 Å². The second-order valence-corrected chi connectivity index (χ2v) is 8.54. The predicted molar refractivity (Wildman–Crippen MR) is 79.1 cm³/mol. The van der Waals surface area contributed by atoms with Crippen LogP contribution in [0.4, 0.5) is 0 Å². The fraction of sp³-hybridized carbons (Fsp3) is 1.00. The summed E-state index contributed by atoms with van der Waals surface area (Å²) in [6.07, 6.45) is 10.9. The molecule has 0 spiro atoms. The van der Waals surface area contributed by atoms with Gasteiger partial charge in [0, 0.05) is 0 Å². The Morgan fingerprint density at radius 3 is 2.45 bits per heavy atom. The molecule has 2 nitrogen and oxygen atoms in total. The maximum absolute atomic E-state index is 10.4. The van der Waals surface area contributed by atoms with Crippen LogP contribution in [-0.2, 0) is 0 Å². The third kappa shape index (κ3) is 1.83. The smallest absolute Gasteiger partial charge is 0.0596 e. The van der Waals surface area contributed by atoms with Gasteiger partial charge in [-0.15, -0.1) is 0 Å². The van der Waals surface area contributed by atoms with E-state index in [4.69, 9.17) is 0 Å². The van der Waals surface area contributed by atoms with Gasteiger partial charge >= 0.3 is 0 Å². The molecule has 0 aliphatic heterocycles. The summed E-state index contributed by atoms with van der Waals surface area (Å²) in [5, 5.41) is 20.3. The molecule has 2 heteroatoms. The van der Waals surface area contributed by atoms with Gasteiger partial charge < -0.3 is 10.2 Å². The van der Waals surface area contributed by atoms with E-state index in [9.17, 15) is 10.2 Å². The Balaban J connectivity index is 1.57. The standard InChI is InChI=1S/C18H30O2/c1-18-9-8-14-13-5-3-12(19)10-11(13)2-4-15(14)16(18)6-7-17(18)20/h11-17,19-20H,2-10H2,1H3/t11-,12+,13+,14+,15-,16-,17+,18+/m1/s1. The highest BCUT2D eigenvalue weighted by Crippen LogP contribution is 2.62. The Morgan fingerprint density at radius 2 is 1.60 bits per heavy atom. The van der Waals surface area contributed by atoms with Crippen LogP contribution < -0.4 is 0 Å². The molecule has 20 heavy (non-hydrogen) atoms. The first kappa shape index (κ1) is 13.6. The average molecular weight is 278 g/mol. The highest BCUT2D eigenvalue weighted by molar-refractivity contribution is 5.06. The Bertz CT molecular complexity index is 382. The van der Waals surface area contributed by atoms with Gasteiger partial charge in [-0.25, -0.2) is 0 Å². The minimum atomic E-state index is -0.0423. The van der Waals surface area contributed by atoms with E-state index in [2.05, 4.69) is 6.92 Å². The summed E-state index contributed by atoms with van der Waals surface area (Å²) in [6, 6.07) is 0. The van der Waals surface area contributed by atoms with Crippen molar-refractivity contribution in [3.05, 3.63) is 0 Å². The van der Waals surface area contributed by atoms with Crippen molar-refractivity contribution in [2.75, 3.05) is 0 Å². The van der Waals surface area contributed by atoms with Crippen LogP contribution in [-0.4, -0.2) is 22.4 Å². The first-order valence-electron chi connectivity index (χ1n) is 8.95. The second-order valence-electron chi connectivity index (χ2n) is 8.54. The minimum Gasteiger partial charge on any atom is -0.393 e. The molecule has 0 saturated heterocycles. The molecular weight excluding hydrogens is 248 g/mol. The molecule has 0 unspecified atom stereocenters. The molecule has 2 N–H and O–H groups in total. The summed E-state index contributed by atoms with van der Waals surface area (Å²) in [5.41, 5.74) is 0.224. The minimum absolute atomic E-state index is 0.0186. The monoisotopic (exact) mass is 278 g/mol. The summed E-state index contributed by atoms with van der Waals surface area (Å²) in [4.78, 5) is 0. The Hall–Kier alpha value is -0.0800. The topological polar surface area (TPSA) is 40.5 Å². The number of fused-ring (bicyclic) bond motifs is 5. The first-order valence-corrected chi connectivity index (χ1v) is 8.95. The Labute approximate surface area is 123 Å². The fourth-order valence-corrected chi connectivity index (χ4v) is 6.80.